The Hall–Kier alpha value is -3.15. The molecule has 3 rings (SSSR count). The van der Waals surface area contributed by atoms with Gasteiger partial charge in [0.2, 0.25) is 11.8 Å². The van der Waals surface area contributed by atoms with Crippen molar-refractivity contribution in [3.05, 3.63) is 71.2 Å². The second-order valence-corrected chi connectivity index (χ2v) is 6.45. The first-order valence-corrected chi connectivity index (χ1v) is 8.94. The molecule has 6 heteroatoms. The molecule has 0 unspecified atom stereocenters. The van der Waals surface area contributed by atoms with Crippen LogP contribution in [0.1, 0.15) is 28.9 Å². The van der Waals surface area contributed by atoms with E-state index in [0.717, 1.165) is 28.2 Å². The summed E-state index contributed by atoms with van der Waals surface area (Å²) in [6.45, 7) is 4.43. The van der Waals surface area contributed by atoms with Crippen molar-refractivity contribution in [1.82, 2.24) is 20.1 Å². The Balaban J connectivity index is 1.52. The van der Waals surface area contributed by atoms with E-state index >= 15 is 0 Å². The lowest BCUT2D eigenvalue weighted by Gasteiger charge is -2.09. The summed E-state index contributed by atoms with van der Waals surface area (Å²) in [4.78, 5) is 16.3. The molecule has 0 saturated heterocycles. The van der Waals surface area contributed by atoms with E-state index in [1.165, 1.54) is 0 Å². The molecule has 27 heavy (non-hydrogen) atoms. The van der Waals surface area contributed by atoms with Gasteiger partial charge in [-0.25, -0.2) is 9.67 Å². The Morgan fingerprint density at radius 3 is 2.63 bits per heavy atom. The van der Waals surface area contributed by atoms with E-state index in [1.807, 2.05) is 54.9 Å². The number of aromatic nitrogens is 3. The standard InChI is InChI=1S/C21H24N4O2/c1-15-13-16(2)25(24-15)19-9-6-17(7-10-19)8-11-20(26)23-14-18-5-4-12-22-21(18)27-3/h4-7,9-10,12-13H,8,11,14H2,1-3H3,(H,23,26). The third kappa shape index (κ3) is 4.73. The minimum atomic E-state index is 0.00327. The summed E-state index contributed by atoms with van der Waals surface area (Å²) in [6, 6.07) is 13.9. The van der Waals surface area contributed by atoms with Crippen molar-refractivity contribution in [2.24, 2.45) is 0 Å². The molecule has 0 spiro atoms. The Morgan fingerprint density at radius 1 is 1.19 bits per heavy atom. The largest absolute Gasteiger partial charge is 0.481 e. The number of nitrogens with one attached hydrogen (secondary N) is 1. The number of carbonyl (C=O) groups is 1. The Labute approximate surface area is 159 Å². The molecule has 1 amide bonds. The Morgan fingerprint density at radius 2 is 1.96 bits per heavy atom. The van der Waals surface area contributed by atoms with Crippen LogP contribution < -0.4 is 10.1 Å². The van der Waals surface area contributed by atoms with Crippen LogP contribution >= 0.6 is 0 Å². The van der Waals surface area contributed by atoms with Crippen molar-refractivity contribution in [3.8, 4) is 11.6 Å². The fraction of sp³-hybridized carbons (Fsp3) is 0.286. The summed E-state index contributed by atoms with van der Waals surface area (Å²) in [7, 11) is 1.57. The number of ether oxygens (including phenoxy) is 1. The van der Waals surface area contributed by atoms with Gasteiger partial charge in [0.1, 0.15) is 0 Å². The van der Waals surface area contributed by atoms with Crippen LogP contribution in [0.3, 0.4) is 0 Å². The lowest BCUT2D eigenvalue weighted by molar-refractivity contribution is -0.121. The van der Waals surface area contributed by atoms with Crippen molar-refractivity contribution < 1.29 is 9.53 Å². The number of aryl methyl sites for hydroxylation is 3. The first-order chi connectivity index (χ1) is 13.1. The summed E-state index contributed by atoms with van der Waals surface area (Å²) >= 11 is 0. The number of benzene rings is 1. The quantitative estimate of drug-likeness (QED) is 0.699. The molecule has 0 aliphatic heterocycles. The van der Waals surface area contributed by atoms with Gasteiger partial charge in [-0.1, -0.05) is 18.2 Å². The van der Waals surface area contributed by atoms with Crippen molar-refractivity contribution >= 4 is 5.91 Å². The third-order valence-corrected chi connectivity index (χ3v) is 4.35. The minimum absolute atomic E-state index is 0.00327. The monoisotopic (exact) mass is 364 g/mol. The zero-order valence-electron chi connectivity index (χ0n) is 15.9. The van der Waals surface area contributed by atoms with Crippen LogP contribution in [0.2, 0.25) is 0 Å². The maximum absolute atomic E-state index is 12.1. The second-order valence-electron chi connectivity index (χ2n) is 6.45. The van der Waals surface area contributed by atoms with E-state index in [2.05, 4.69) is 21.5 Å². The van der Waals surface area contributed by atoms with Crippen LogP contribution in [-0.4, -0.2) is 27.8 Å². The minimum Gasteiger partial charge on any atom is -0.481 e. The van der Waals surface area contributed by atoms with Crippen molar-refractivity contribution in [2.75, 3.05) is 7.11 Å². The SMILES string of the molecule is COc1ncccc1CNC(=O)CCc1ccc(-n2nc(C)cc2C)cc1. The molecule has 3 aromatic rings. The normalized spacial score (nSPS) is 10.6. The van der Waals surface area contributed by atoms with Gasteiger partial charge in [0.05, 0.1) is 18.5 Å². The van der Waals surface area contributed by atoms with Crippen molar-refractivity contribution in [1.29, 1.82) is 0 Å². The first kappa shape index (κ1) is 18.6. The Bertz CT molecular complexity index is 916. The van der Waals surface area contributed by atoms with Gasteiger partial charge >= 0.3 is 0 Å². The number of carbonyl (C=O) groups excluding carboxylic acids is 1. The van der Waals surface area contributed by atoms with Gasteiger partial charge in [-0.05, 0) is 50.1 Å². The van der Waals surface area contributed by atoms with E-state index in [9.17, 15) is 4.79 Å². The summed E-state index contributed by atoms with van der Waals surface area (Å²) in [5.41, 5.74) is 5.11. The van der Waals surface area contributed by atoms with E-state index < -0.39 is 0 Å². The third-order valence-electron chi connectivity index (χ3n) is 4.35. The number of rotatable bonds is 7. The number of hydrogen-bond donors (Lipinski definition) is 1. The molecule has 6 nitrogen and oxygen atoms in total. The molecule has 0 aliphatic carbocycles. The highest BCUT2D eigenvalue weighted by molar-refractivity contribution is 5.76. The summed E-state index contributed by atoms with van der Waals surface area (Å²) in [5.74, 6) is 0.543. The predicted octanol–water partition coefficient (Wildman–Crippen LogP) is 3.14. The molecular formula is C21H24N4O2. The number of pyridine rings is 1. The van der Waals surface area contributed by atoms with E-state index in [-0.39, 0.29) is 5.91 Å². The highest BCUT2D eigenvalue weighted by Gasteiger charge is 2.07. The van der Waals surface area contributed by atoms with Crippen molar-refractivity contribution in [2.45, 2.75) is 33.2 Å². The van der Waals surface area contributed by atoms with Gasteiger partial charge in [-0.3, -0.25) is 4.79 Å². The molecule has 2 heterocycles. The summed E-state index contributed by atoms with van der Waals surface area (Å²) in [5, 5.41) is 7.41. The average molecular weight is 364 g/mol. The first-order valence-electron chi connectivity index (χ1n) is 8.94. The van der Waals surface area contributed by atoms with Gasteiger partial charge in [0.25, 0.3) is 0 Å². The van der Waals surface area contributed by atoms with Crippen molar-refractivity contribution in [3.63, 3.8) is 0 Å². The molecule has 0 saturated carbocycles. The zero-order chi connectivity index (χ0) is 19.2. The predicted molar refractivity (Wildman–Crippen MR) is 104 cm³/mol. The van der Waals surface area contributed by atoms with Crippen LogP contribution in [0.25, 0.3) is 5.69 Å². The lowest BCUT2D eigenvalue weighted by atomic mass is 10.1. The van der Waals surface area contributed by atoms with Gasteiger partial charge < -0.3 is 10.1 Å². The molecule has 140 valence electrons. The van der Waals surface area contributed by atoms with Gasteiger partial charge in [-0.2, -0.15) is 5.10 Å². The number of hydrogen-bond acceptors (Lipinski definition) is 4. The van der Waals surface area contributed by atoms with Crippen LogP contribution in [0.5, 0.6) is 5.88 Å². The van der Waals surface area contributed by atoms with Gasteiger partial charge in [0, 0.05) is 30.4 Å². The number of amides is 1. The summed E-state index contributed by atoms with van der Waals surface area (Å²) in [6.07, 6.45) is 2.79. The average Bonchev–Trinajstić information content (AvgIpc) is 3.03. The molecule has 2 aromatic heterocycles. The maximum atomic E-state index is 12.1. The molecule has 0 bridgehead atoms. The second kappa shape index (κ2) is 8.49. The van der Waals surface area contributed by atoms with Crippen LogP contribution in [0.15, 0.2) is 48.7 Å². The maximum Gasteiger partial charge on any atom is 0.220 e. The summed E-state index contributed by atoms with van der Waals surface area (Å²) < 4.78 is 7.12. The van der Waals surface area contributed by atoms with E-state index in [1.54, 1.807) is 13.3 Å². The van der Waals surface area contributed by atoms with Gasteiger partial charge in [-0.15, -0.1) is 0 Å². The molecule has 1 N–H and O–H groups in total. The number of methoxy groups -OCH3 is 1. The fourth-order valence-corrected chi connectivity index (χ4v) is 2.98. The fourth-order valence-electron chi connectivity index (χ4n) is 2.98. The molecule has 1 aromatic carbocycles. The Kier molecular flexibility index (Phi) is 5.86. The molecular weight excluding hydrogens is 340 g/mol. The number of nitrogens with zero attached hydrogens (tertiary/aromatic N) is 3. The van der Waals surface area contributed by atoms with Gasteiger partial charge in [0.15, 0.2) is 0 Å². The molecule has 0 fully saturated rings. The highest BCUT2D eigenvalue weighted by Crippen LogP contribution is 2.15. The van der Waals surface area contributed by atoms with E-state index in [4.69, 9.17) is 4.74 Å². The lowest BCUT2D eigenvalue weighted by Crippen LogP contribution is -2.23. The van der Waals surface area contributed by atoms with Crippen LogP contribution in [0, 0.1) is 13.8 Å². The van der Waals surface area contributed by atoms with Crippen LogP contribution in [0.4, 0.5) is 0 Å². The van der Waals surface area contributed by atoms with Crippen LogP contribution in [-0.2, 0) is 17.8 Å². The molecule has 0 radical (unpaired) electrons. The zero-order valence-corrected chi connectivity index (χ0v) is 15.9. The molecule has 0 atom stereocenters. The van der Waals surface area contributed by atoms with E-state index in [0.29, 0.717) is 25.3 Å². The smallest absolute Gasteiger partial charge is 0.220 e. The topological polar surface area (TPSA) is 69.0 Å². The highest BCUT2D eigenvalue weighted by atomic mass is 16.5. The molecule has 0 aliphatic rings.